The molecule has 3 nitrogen and oxygen atoms in total. The van der Waals surface area contributed by atoms with Gasteiger partial charge in [0.25, 0.3) is 0 Å². The Kier molecular flexibility index (Phi) is 4.77. The fraction of sp³-hybridized carbons (Fsp3) is 0.235. The Hall–Kier alpha value is -2.29. The van der Waals surface area contributed by atoms with E-state index in [0.29, 0.717) is 11.5 Å². The van der Waals surface area contributed by atoms with E-state index >= 15 is 0 Å². The number of rotatable bonds is 6. The normalized spacial score (nSPS) is 11.8. The molecule has 2 N–H and O–H groups in total. The number of hydrogen-bond acceptors (Lipinski definition) is 2. The average molecular weight is 269 g/mol. The van der Waals surface area contributed by atoms with E-state index in [-0.39, 0.29) is 0 Å². The molecule has 0 saturated carbocycles. The largest absolute Gasteiger partial charge is 0.478 e. The highest BCUT2D eigenvalue weighted by atomic mass is 16.4. The maximum Gasteiger partial charge on any atom is 0.335 e. The number of carboxylic acid groups (broad SMARTS) is 1. The van der Waals surface area contributed by atoms with Crippen molar-refractivity contribution in [2.45, 2.75) is 19.3 Å². The summed E-state index contributed by atoms with van der Waals surface area (Å²) in [5, 5.41) is 12.2. The molecule has 0 aliphatic heterocycles. The van der Waals surface area contributed by atoms with Gasteiger partial charge in [-0.15, -0.1) is 0 Å². The minimum Gasteiger partial charge on any atom is -0.478 e. The summed E-state index contributed by atoms with van der Waals surface area (Å²) in [6, 6.07) is 17.3. The van der Waals surface area contributed by atoms with Gasteiger partial charge in [0.1, 0.15) is 0 Å². The third kappa shape index (κ3) is 3.85. The van der Waals surface area contributed by atoms with Crippen LogP contribution in [0.25, 0.3) is 0 Å². The van der Waals surface area contributed by atoms with Crippen LogP contribution in [0.2, 0.25) is 0 Å². The van der Waals surface area contributed by atoms with Crippen molar-refractivity contribution >= 4 is 11.7 Å². The number of carbonyl (C=O) groups is 1. The summed E-state index contributed by atoms with van der Waals surface area (Å²) >= 11 is 0. The van der Waals surface area contributed by atoms with E-state index in [1.54, 1.807) is 18.2 Å². The van der Waals surface area contributed by atoms with Crippen LogP contribution < -0.4 is 5.32 Å². The molecule has 2 aromatic rings. The Labute approximate surface area is 119 Å². The van der Waals surface area contributed by atoms with Crippen LogP contribution in [0.3, 0.4) is 0 Å². The van der Waals surface area contributed by atoms with Crippen LogP contribution >= 0.6 is 0 Å². The van der Waals surface area contributed by atoms with Gasteiger partial charge in [-0.2, -0.15) is 0 Å². The number of anilines is 1. The molecule has 2 rings (SSSR count). The fourth-order valence-electron chi connectivity index (χ4n) is 2.14. The zero-order chi connectivity index (χ0) is 14.4. The first kappa shape index (κ1) is 14.1. The van der Waals surface area contributed by atoms with Gasteiger partial charge in [0.2, 0.25) is 0 Å². The zero-order valence-electron chi connectivity index (χ0n) is 11.5. The Morgan fingerprint density at radius 3 is 2.60 bits per heavy atom. The number of carboxylic acids is 1. The molecule has 0 saturated heterocycles. The second-order valence-corrected chi connectivity index (χ2v) is 4.91. The van der Waals surface area contributed by atoms with Gasteiger partial charge in [0.15, 0.2) is 0 Å². The van der Waals surface area contributed by atoms with Gasteiger partial charge in [0.05, 0.1) is 5.56 Å². The first-order chi connectivity index (χ1) is 9.66. The number of nitrogens with one attached hydrogen (secondary N) is 1. The Morgan fingerprint density at radius 1 is 1.15 bits per heavy atom. The van der Waals surface area contributed by atoms with E-state index in [2.05, 4.69) is 36.5 Å². The molecule has 1 unspecified atom stereocenters. The van der Waals surface area contributed by atoms with Crippen molar-refractivity contribution in [2.24, 2.45) is 0 Å². The second kappa shape index (κ2) is 6.75. The molecule has 0 spiro atoms. The van der Waals surface area contributed by atoms with Crippen molar-refractivity contribution in [3.63, 3.8) is 0 Å². The van der Waals surface area contributed by atoms with Gasteiger partial charge < -0.3 is 10.4 Å². The summed E-state index contributed by atoms with van der Waals surface area (Å²) in [6.07, 6.45) is 1.00. The standard InChI is InChI=1S/C17H19NO2/c1-13(14-6-3-2-4-7-14)10-11-18-16-9-5-8-15(12-16)17(19)20/h2-9,12-13,18H,10-11H2,1H3,(H,19,20). The molecular formula is C17H19NO2. The monoisotopic (exact) mass is 269 g/mol. The molecule has 0 heterocycles. The third-order valence-corrected chi connectivity index (χ3v) is 3.38. The van der Waals surface area contributed by atoms with Crippen molar-refractivity contribution in [3.05, 3.63) is 65.7 Å². The van der Waals surface area contributed by atoms with E-state index in [0.717, 1.165) is 18.7 Å². The molecule has 2 aromatic carbocycles. The Bertz CT molecular complexity index is 566. The molecule has 0 amide bonds. The summed E-state index contributed by atoms with van der Waals surface area (Å²) in [5.74, 6) is -0.419. The predicted octanol–water partition coefficient (Wildman–Crippen LogP) is 3.99. The molecular weight excluding hydrogens is 250 g/mol. The molecule has 104 valence electrons. The lowest BCUT2D eigenvalue weighted by molar-refractivity contribution is 0.0697. The average Bonchev–Trinajstić information content (AvgIpc) is 2.48. The van der Waals surface area contributed by atoms with Crippen molar-refractivity contribution in [1.29, 1.82) is 0 Å². The highest BCUT2D eigenvalue weighted by Gasteiger charge is 2.05. The predicted molar refractivity (Wildman–Crippen MR) is 81.4 cm³/mol. The van der Waals surface area contributed by atoms with Gasteiger partial charge in [0, 0.05) is 12.2 Å². The molecule has 0 aliphatic carbocycles. The van der Waals surface area contributed by atoms with Crippen LogP contribution in [0.15, 0.2) is 54.6 Å². The lowest BCUT2D eigenvalue weighted by atomic mass is 9.98. The Balaban J connectivity index is 1.87. The smallest absolute Gasteiger partial charge is 0.335 e. The molecule has 0 aromatic heterocycles. The number of benzene rings is 2. The van der Waals surface area contributed by atoms with E-state index in [1.807, 2.05) is 12.1 Å². The molecule has 20 heavy (non-hydrogen) atoms. The maximum absolute atomic E-state index is 10.9. The van der Waals surface area contributed by atoms with Gasteiger partial charge in [-0.05, 0) is 36.1 Å². The van der Waals surface area contributed by atoms with Crippen molar-refractivity contribution in [2.75, 3.05) is 11.9 Å². The quantitative estimate of drug-likeness (QED) is 0.833. The van der Waals surface area contributed by atoms with E-state index < -0.39 is 5.97 Å². The number of aromatic carboxylic acids is 1. The summed E-state index contributed by atoms with van der Waals surface area (Å²) in [4.78, 5) is 10.9. The molecule has 0 aliphatic rings. The molecule has 3 heteroatoms. The third-order valence-electron chi connectivity index (χ3n) is 3.38. The summed E-state index contributed by atoms with van der Waals surface area (Å²) in [6.45, 7) is 3.02. The highest BCUT2D eigenvalue weighted by molar-refractivity contribution is 5.88. The molecule has 0 radical (unpaired) electrons. The first-order valence-electron chi connectivity index (χ1n) is 6.79. The highest BCUT2D eigenvalue weighted by Crippen LogP contribution is 2.19. The van der Waals surface area contributed by atoms with Crippen molar-refractivity contribution in [1.82, 2.24) is 0 Å². The molecule has 1 atom stereocenters. The van der Waals surface area contributed by atoms with Gasteiger partial charge >= 0.3 is 5.97 Å². The first-order valence-corrected chi connectivity index (χ1v) is 6.79. The van der Waals surface area contributed by atoms with E-state index in [1.165, 1.54) is 5.56 Å². The van der Waals surface area contributed by atoms with Gasteiger partial charge in [-0.25, -0.2) is 4.79 Å². The summed E-state index contributed by atoms with van der Waals surface area (Å²) in [5.41, 5.74) is 2.49. The van der Waals surface area contributed by atoms with Crippen LogP contribution in [0.5, 0.6) is 0 Å². The minimum absolute atomic E-state index is 0.311. The SMILES string of the molecule is CC(CCNc1cccc(C(=O)O)c1)c1ccccc1. The van der Waals surface area contributed by atoms with Crippen LogP contribution in [-0.4, -0.2) is 17.6 Å². The Morgan fingerprint density at radius 2 is 1.90 bits per heavy atom. The zero-order valence-corrected chi connectivity index (χ0v) is 11.5. The maximum atomic E-state index is 10.9. The second-order valence-electron chi connectivity index (χ2n) is 4.91. The van der Waals surface area contributed by atoms with E-state index in [4.69, 9.17) is 5.11 Å². The lowest BCUT2D eigenvalue weighted by Crippen LogP contribution is -2.06. The fourth-order valence-corrected chi connectivity index (χ4v) is 2.14. The van der Waals surface area contributed by atoms with Gasteiger partial charge in [-0.1, -0.05) is 43.3 Å². The van der Waals surface area contributed by atoms with E-state index in [9.17, 15) is 4.79 Å². The molecule has 0 bridgehead atoms. The number of hydrogen-bond donors (Lipinski definition) is 2. The summed E-state index contributed by atoms with van der Waals surface area (Å²) < 4.78 is 0. The van der Waals surface area contributed by atoms with Crippen LogP contribution in [0.4, 0.5) is 5.69 Å². The van der Waals surface area contributed by atoms with Crippen LogP contribution in [-0.2, 0) is 0 Å². The minimum atomic E-state index is -0.897. The lowest BCUT2D eigenvalue weighted by Gasteiger charge is -2.13. The van der Waals surface area contributed by atoms with Crippen LogP contribution in [0.1, 0.15) is 35.2 Å². The summed E-state index contributed by atoms with van der Waals surface area (Å²) in [7, 11) is 0. The van der Waals surface area contributed by atoms with Crippen LogP contribution in [0, 0.1) is 0 Å². The van der Waals surface area contributed by atoms with Crippen molar-refractivity contribution < 1.29 is 9.90 Å². The molecule has 0 fully saturated rings. The topological polar surface area (TPSA) is 49.3 Å². The van der Waals surface area contributed by atoms with Gasteiger partial charge in [-0.3, -0.25) is 0 Å². The van der Waals surface area contributed by atoms with Crippen molar-refractivity contribution in [3.8, 4) is 0 Å².